The highest BCUT2D eigenvalue weighted by atomic mass is 79.9. The summed E-state index contributed by atoms with van der Waals surface area (Å²) < 4.78 is 36.1. The van der Waals surface area contributed by atoms with Crippen molar-refractivity contribution in [3.8, 4) is 5.75 Å². The fourth-order valence-electron chi connectivity index (χ4n) is 4.94. The molecule has 0 aliphatic heterocycles. The normalized spacial score (nSPS) is 11.9. The Bertz CT molecular complexity index is 1680. The molecule has 4 aromatic rings. The van der Waals surface area contributed by atoms with E-state index in [1.807, 2.05) is 68.4 Å². The molecule has 0 bridgehead atoms. The van der Waals surface area contributed by atoms with Gasteiger partial charge in [-0.2, -0.15) is 0 Å². The summed E-state index contributed by atoms with van der Waals surface area (Å²) in [4.78, 5) is 29.9. The van der Waals surface area contributed by atoms with E-state index in [0.717, 1.165) is 19.9 Å². The molecule has 1 atom stereocenters. The monoisotopic (exact) mass is 691 g/mol. The van der Waals surface area contributed by atoms with Crippen molar-refractivity contribution in [1.82, 2.24) is 10.2 Å². The predicted octanol–water partition coefficient (Wildman–Crippen LogP) is 6.21. The number of carbonyl (C=O) groups is 2. The molecule has 0 radical (unpaired) electrons. The molecule has 4 aromatic carbocycles. The van der Waals surface area contributed by atoms with Crippen molar-refractivity contribution in [3.63, 3.8) is 0 Å². The van der Waals surface area contributed by atoms with E-state index in [0.29, 0.717) is 12.4 Å². The van der Waals surface area contributed by atoms with Gasteiger partial charge in [0.05, 0.1) is 17.2 Å². The molecule has 236 valence electrons. The number of ether oxygens (including phenoxy) is 1. The lowest BCUT2D eigenvalue weighted by atomic mass is 10.0. The number of hydrogen-bond donors (Lipinski definition) is 1. The van der Waals surface area contributed by atoms with Crippen LogP contribution in [0.2, 0.25) is 0 Å². The molecule has 2 amide bonds. The summed E-state index contributed by atoms with van der Waals surface area (Å²) in [5.41, 5.74) is 1.87. The number of benzene rings is 4. The zero-order valence-corrected chi connectivity index (χ0v) is 28.0. The Kier molecular flexibility index (Phi) is 11.8. The maximum atomic E-state index is 14.6. The van der Waals surface area contributed by atoms with Crippen LogP contribution in [0.15, 0.2) is 119 Å². The molecule has 0 fully saturated rings. The van der Waals surface area contributed by atoms with Gasteiger partial charge >= 0.3 is 0 Å². The summed E-state index contributed by atoms with van der Waals surface area (Å²) in [5.74, 6) is -0.547. The van der Waals surface area contributed by atoms with Crippen LogP contribution in [0.1, 0.15) is 31.9 Å². The fourth-order valence-corrected chi connectivity index (χ4v) is 6.83. The first-order valence-corrected chi connectivity index (χ1v) is 17.0. The molecule has 0 heterocycles. The molecule has 4 rings (SSSR count). The maximum Gasteiger partial charge on any atom is 0.264 e. The van der Waals surface area contributed by atoms with Crippen molar-refractivity contribution < 1.29 is 22.7 Å². The number of nitrogens with zero attached hydrogens (tertiary/aromatic N) is 2. The first-order chi connectivity index (χ1) is 21.6. The quantitative estimate of drug-likeness (QED) is 0.170. The van der Waals surface area contributed by atoms with Crippen LogP contribution in [0, 0.1) is 0 Å². The van der Waals surface area contributed by atoms with Crippen molar-refractivity contribution in [3.05, 3.63) is 125 Å². The lowest BCUT2D eigenvalue weighted by Crippen LogP contribution is -2.54. The summed E-state index contributed by atoms with van der Waals surface area (Å²) in [6.45, 7) is 5.34. The van der Waals surface area contributed by atoms with Gasteiger partial charge in [0.25, 0.3) is 10.0 Å². The summed E-state index contributed by atoms with van der Waals surface area (Å²) in [7, 11) is -4.23. The number of sulfonamides is 1. The first-order valence-electron chi connectivity index (χ1n) is 14.8. The van der Waals surface area contributed by atoms with E-state index in [2.05, 4.69) is 21.2 Å². The van der Waals surface area contributed by atoms with Crippen LogP contribution < -0.4 is 14.4 Å². The Morgan fingerprint density at radius 2 is 1.47 bits per heavy atom. The van der Waals surface area contributed by atoms with Gasteiger partial charge in [-0.05, 0) is 68.3 Å². The Morgan fingerprint density at radius 3 is 2.11 bits per heavy atom. The largest absolute Gasteiger partial charge is 0.492 e. The fraction of sp³-hybridized carbons (Fsp3) is 0.257. The topological polar surface area (TPSA) is 96.0 Å². The Balaban J connectivity index is 1.83. The summed E-state index contributed by atoms with van der Waals surface area (Å²) in [5, 5.41) is 2.97. The minimum atomic E-state index is -4.23. The van der Waals surface area contributed by atoms with Crippen LogP contribution in [0.3, 0.4) is 0 Å². The third kappa shape index (κ3) is 8.95. The molecule has 0 aliphatic carbocycles. The van der Waals surface area contributed by atoms with Crippen LogP contribution in [0.5, 0.6) is 5.75 Å². The molecule has 45 heavy (non-hydrogen) atoms. The van der Waals surface area contributed by atoms with Crippen molar-refractivity contribution in [1.29, 1.82) is 0 Å². The standard InChI is InChI=1S/C35H38BrN3O5S/c1-4-44-33-21-12-11-20-31(33)39(45(42,43)30-18-9-6-10-19-30)25-34(40)38(24-28-16-13-17-29(36)22-28)32(35(41)37-26(2)3)23-27-14-7-5-8-15-27/h5-22,26,32H,4,23-25H2,1-3H3,(H,37,41). The van der Waals surface area contributed by atoms with Crippen molar-refractivity contribution in [2.45, 2.75) is 50.7 Å². The molecular weight excluding hydrogens is 654 g/mol. The average molecular weight is 693 g/mol. The summed E-state index contributed by atoms with van der Waals surface area (Å²) in [6, 6.07) is 30.5. The second kappa shape index (κ2) is 15.7. The molecule has 10 heteroatoms. The molecule has 0 aromatic heterocycles. The van der Waals surface area contributed by atoms with E-state index < -0.39 is 28.5 Å². The van der Waals surface area contributed by atoms with Gasteiger partial charge in [0.1, 0.15) is 18.3 Å². The highest BCUT2D eigenvalue weighted by Crippen LogP contribution is 2.33. The zero-order chi connectivity index (χ0) is 32.4. The minimum absolute atomic E-state index is 0.0287. The van der Waals surface area contributed by atoms with E-state index in [1.165, 1.54) is 17.0 Å². The average Bonchev–Trinajstić information content (AvgIpc) is 3.02. The van der Waals surface area contributed by atoms with E-state index in [9.17, 15) is 18.0 Å². The number of hydrogen-bond acceptors (Lipinski definition) is 5. The molecule has 1 unspecified atom stereocenters. The van der Waals surface area contributed by atoms with Crippen LogP contribution in [0.4, 0.5) is 5.69 Å². The zero-order valence-electron chi connectivity index (χ0n) is 25.6. The number of anilines is 1. The first kappa shape index (κ1) is 33.7. The Labute approximate surface area is 274 Å². The molecule has 1 N–H and O–H groups in total. The number of para-hydroxylation sites is 2. The Morgan fingerprint density at radius 1 is 0.844 bits per heavy atom. The predicted molar refractivity (Wildman–Crippen MR) is 180 cm³/mol. The molecule has 0 spiro atoms. The lowest BCUT2D eigenvalue weighted by molar-refractivity contribution is -0.140. The summed E-state index contributed by atoms with van der Waals surface area (Å²) in [6.07, 6.45) is 0.236. The smallest absolute Gasteiger partial charge is 0.264 e. The number of nitrogens with one attached hydrogen (secondary N) is 1. The van der Waals surface area contributed by atoms with Gasteiger partial charge in [0.15, 0.2) is 0 Å². The maximum absolute atomic E-state index is 14.6. The highest BCUT2D eigenvalue weighted by molar-refractivity contribution is 9.10. The third-order valence-electron chi connectivity index (χ3n) is 6.99. The van der Waals surface area contributed by atoms with Crippen LogP contribution in [0.25, 0.3) is 0 Å². The number of halogens is 1. The molecular formula is C35H38BrN3O5S. The van der Waals surface area contributed by atoms with E-state index >= 15 is 0 Å². The van der Waals surface area contributed by atoms with E-state index in [1.54, 1.807) is 49.4 Å². The second-order valence-electron chi connectivity index (χ2n) is 10.7. The third-order valence-corrected chi connectivity index (χ3v) is 9.26. The number of carbonyl (C=O) groups excluding carboxylic acids is 2. The van der Waals surface area contributed by atoms with Gasteiger partial charge in [-0.3, -0.25) is 13.9 Å². The molecule has 0 aliphatic rings. The SMILES string of the molecule is CCOc1ccccc1N(CC(=O)N(Cc1cccc(Br)c1)C(Cc1ccccc1)C(=O)NC(C)C)S(=O)(=O)c1ccccc1. The van der Waals surface area contributed by atoms with Gasteiger partial charge in [-0.25, -0.2) is 8.42 Å². The Hall–Kier alpha value is -4.15. The van der Waals surface area contributed by atoms with Crippen molar-refractivity contribution in [2.24, 2.45) is 0 Å². The van der Waals surface area contributed by atoms with Gasteiger partial charge in [-0.15, -0.1) is 0 Å². The van der Waals surface area contributed by atoms with Crippen molar-refractivity contribution in [2.75, 3.05) is 17.5 Å². The minimum Gasteiger partial charge on any atom is -0.492 e. The van der Waals surface area contributed by atoms with Crippen LogP contribution in [-0.2, 0) is 32.6 Å². The van der Waals surface area contributed by atoms with Gasteiger partial charge < -0.3 is 15.0 Å². The summed E-state index contributed by atoms with van der Waals surface area (Å²) >= 11 is 3.50. The second-order valence-corrected chi connectivity index (χ2v) is 13.5. The van der Waals surface area contributed by atoms with Gasteiger partial charge in [-0.1, -0.05) is 88.7 Å². The van der Waals surface area contributed by atoms with Gasteiger partial charge in [0.2, 0.25) is 11.8 Å². The van der Waals surface area contributed by atoms with Gasteiger partial charge in [0, 0.05) is 23.5 Å². The van der Waals surface area contributed by atoms with Crippen LogP contribution in [-0.4, -0.2) is 50.4 Å². The lowest BCUT2D eigenvalue weighted by Gasteiger charge is -2.34. The molecule has 8 nitrogen and oxygen atoms in total. The number of rotatable bonds is 14. The van der Waals surface area contributed by atoms with Crippen LogP contribution >= 0.6 is 15.9 Å². The highest BCUT2D eigenvalue weighted by Gasteiger charge is 2.35. The van der Waals surface area contributed by atoms with Crippen molar-refractivity contribution >= 4 is 43.5 Å². The number of amides is 2. The van der Waals surface area contributed by atoms with E-state index in [-0.39, 0.29) is 35.5 Å². The van der Waals surface area contributed by atoms with E-state index in [4.69, 9.17) is 4.74 Å². The molecule has 0 saturated carbocycles. The molecule has 0 saturated heterocycles.